The summed E-state index contributed by atoms with van der Waals surface area (Å²) in [6.07, 6.45) is 1.61. The molecular formula is C7H11N3O3. The number of nitrogens with one attached hydrogen (secondary N) is 1. The highest BCUT2D eigenvalue weighted by Crippen LogP contribution is 2.12. The summed E-state index contributed by atoms with van der Waals surface area (Å²) in [6.45, 7) is 0. The van der Waals surface area contributed by atoms with Gasteiger partial charge < -0.3 is 20.6 Å². The van der Waals surface area contributed by atoms with Crippen LogP contribution >= 0.6 is 0 Å². The van der Waals surface area contributed by atoms with E-state index in [1.54, 1.807) is 0 Å². The van der Waals surface area contributed by atoms with Crippen LogP contribution in [0.2, 0.25) is 0 Å². The number of rotatable bonds is 4. The maximum Gasteiger partial charge on any atom is 0.320 e. The number of carboxylic acids is 1. The number of nitrogens with two attached hydrogens (primary N) is 1. The van der Waals surface area contributed by atoms with Crippen LogP contribution in [0.1, 0.15) is 5.69 Å². The lowest BCUT2D eigenvalue weighted by Gasteiger charge is -2.05. The minimum Gasteiger partial charge on any atom is -0.480 e. The Kier molecular flexibility index (Phi) is 2.86. The topological polar surface area (TPSA) is 101 Å². The Balaban J connectivity index is 2.68. The first-order valence-corrected chi connectivity index (χ1v) is 3.69. The highest BCUT2D eigenvalue weighted by molar-refractivity contribution is 5.73. The Bertz CT molecular complexity index is 297. The third-order valence-corrected chi connectivity index (χ3v) is 1.61. The van der Waals surface area contributed by atoms with Crippen LogP contribution in [-0.4, -0.2) is 34.2 Å². The number of carbonyl (C=O) groups is 1. The Morgan fingerprint density at radius 2 is 2.62 bits per heavy atom. The molecule has 0 aliphatic heterocycles. The van der Waals surface area contributed by atoms with E-state index in [-0.39, 0.29) is 6.42 Å². The van der Waals surface area contributed by atoms with Crippen molar-refractivity contribution >= 4 is 5.97 Å². The molecule has 6 heteroatoms. The van der Waals surface area contributed by atoms with Crippen LogP contribution in [0, 0.1) is 0 Å². The van der Waals surface area contributed by atoms with Crippen molar-refractivity contribution in [3.05, 3.63) is 12.0 Å². The number of carboxylic acid groups (broad SMARTS) is 1. The number of hydrogen-bond donors (Lipinski definition) is 3. The Labute approximate surface area is 74.7 Å². The molecule has 0 bridgehead atoms. The first-order valence-electron chi connectivity index (χ1n) is 3.69. The van der Waals surface area contributed by atoms with E-state index in [2.05, 4.69) is 9.97 Å². The molecule has 1 rings (SSSR count). The number of aromatic amines is 1. The average Bonchev–Trinajstić information content (AvgIpc) is 2.51. The molecule has 0 radical (unpaired) electrons. The molecule has 72 valence electrons. The molecule has 0 spiro atoms. The second-order valence-corrected chi connectivity index (χ2v) is 2.54. The predicted molar refractivity (Wildman–Crippen MR) is 44.5 cm³/mol. The lowest BCUT2D eigenvalue weighted by molar-refractivity contribution is -0.138. The molecular weight excluding hydrogens is 174 g/mol. The van der Waals surface area contributed by atoms with Gasteiger partial charge in [0.25, 0.3) is 0 Å². The zero-order valence-corrected chi connectivity index (χ0v) is 7.15. The van der Waals surface area contributed by atoms with Crippen LogP contribution in [-0.2, 0) is 11.2 Å². The second kappa shape index (κ2) is 3.90. The fraction of sp³-hybridized carbons (Fsp3) is 0.429. The van der Waals surface area contributed by atoms with E-state index < -0.39 is 12.0 Å². The van der Waals surface area contributed by atoms with E-state index in [0.29, 0.717) is 11.6 Å². The zero-order chi connectivity index (χ0) is 9.84. The summed E-state index contributed by atoms with van der Waals surface area (Å²) in [5.41, 5.74) is 5.92. The van der Waals surface area contributed by atoms with Gasteiger partial charge in [0.1, 0.15) is 6.04 Å². The lowest BCUT2D eigenvalue weighted by atomic mass is 10.2. The largest absolute Gasteiger partial charge is 0.480 e. The van der Waals surface area contributed by atoms with Crippen molar-refractivity contribution in [2.45, 2.75) is 12.5 Å². The van der Waals surface area contributed by atoms with E-state index in [4.69, 9.17) is 15.6 Å². The molecule has 0 saturated carbocycles. The summed E-state index contributed by atoms with van der Waals surface area (Å²) in [6, 6.07) is -0.936. The molecule has 1 heterocycles. The molecule has 4 N–H and O–H groups in total. The van der Waals surface area contributed by atoms with Crippen LogP contribution in [0.15, 0.2) is 6.33 Å². The molecule has 13 heavy (non-hydrogen) atoms. The predicted octanol–water partition coefficient (Wildman–Crippen LogP) is -0.627. The van der Waals surface area contributed by atoms with Gasteiger partial charge in [0.05, 0.1) is 19.1 Å². The van der Waals surface area contributed by atoms with Crippen LogP contribution in [0.4, 0.5) is 0 Å². The van der Waals surface area contributed by atoms with E-state index in [1.165, 1.54) is 13.4 Å². The molecule has 0 aliphatic carbocycles. The number of imidazole rings is 1. The van der Waals surface area contributed by atoms with Gasteiger partial charge in [-0.1, -0.05) is 0 Å². The Morgan fingerprint density at radius 1 is 1.92 bits per heavy atom. The molecule has 0 aromatic carbocycles. The van der Waals surface area contributed by atoms with Crippen molar-refractivity contribution in [1.29, 1.82) is 0 Å². The van der Waals surface area contributed by atoms with Gasteiger partial charge in [-0.05, 0) is 0 Å². The first kappa shape index (κ1) is 9.53. The van der Waals surface area contributed by atoms with Gasteiger partial charge in [0.15, 0.2) is 0 Å². The van der Waals surface area contributed by atoms with Crippen LogP contribution < -0.4 is 10.5 Å². The molecule has 0 amide bonds. The zero-order valence-electron chi connectivity index (χ0n) is 7.15. The van der Waals surface area contributed by atoms with E-state index >= 15 is 0 Å². The number of hydrogen-bond acceptors (Lipinski definition) is 4. The lowest BCUT2D eigenvalue weighted by Crippen LogP contribution is -2.32. The maximum absolute atomic E-state index is 10.4. The molecule has 6 nitrogen and oxygen atoms in total. The number of ether oxygens (including phenoxy) is 1. The first-order chi connectivity index (χ1) is 6.15. The number of nitrogens with zero attached hydrogens (tertiary/aromatic N) is 1. The van der Waals surface area contributed by atoms with Crippen LogP contribution in [0.3, 0.4) is 0 Å². The summed E-state index contributed by atoms with van der Waals surface area (Å²) in [5.74, 6) is -0.659. The van der Waals surface area contributed by atoms with Gasteiger partial charge in [0.2, 0.25) is 5.88 Å². The minimum atomic E-state index is -1.04. The molecule has 0 saturated heterocycles. The molecule has 0 aliphatic rings. The average molecular weight is 185 g/mol. The quantitative estimate of drug-likeness (QED) is 0.579. The van der Waals surface area contributed by atoms with Gasteiger partial charge in [-0.2, -0.15) is 0 Å². The van der Waals surface area contributed by atoms with Crippen molar-refractivity contribution in [3.8, 4) is 5.88 Å². The van der Waals surface area contributed by atoms with Gasteiger partial charge in [-0.25, -0.2) is 4.98 Å². The summed E-state index contributed by atoms with van der Waals surface area (Å²) < 4.78 is 4.88. The summed E-state index contributed by atoms with van der Waals surface area (Å²) in [4.78, 5) is 17.0. The monoisotopic (exact) mass is 185 g/mol. The van der Waals surface area contributed by atoms with Crippen molar-refractivity contribution in [3.63, 3.8) is 0 Å². The van der Waals surface area contributed by atoms with Crippen molar-refractivity contribution in [1.82, 2.24) is 9.97 Å². The fourth-order valence-electron chi connectivity index (χ4n) is 0.938. The molecule has 1 aromatic rings. The van der Waals surface area contributed by atoms with Gasteiger partial charge in [-0.15, -0.1) is 0 Å². The maximum atomic E-state index is 10.4. The van der Waals surface area contributed by atoms with Crippen LogP contribution in [0.25, 0.3) is 0 Å². The molecule has 0 unspecified atom stereocenters. The summed E-state index contributed by atoms with van der Waals surface area (Å²) >= 11 is 0. The SMILES string of the molecule is COc1nc[nH]c1C[C@H](N)C(=O)O. The standard InChI is InChI=1S/C7H11N3O3/c1-13-6-5(9-3-10-6)2-4(8)7(11)12/h3-4H,2,8H2,1H3,(H,9,10)(H,11,12)/t4-/m0/s1. The van der Waals surface area contributed by atoms with Crippen LogP contribution in [0.5, 0.6) is 5.88 Å². The molecule has 1 aromatic heterocycles. The number of methoxy groups -OCH3 is 1. The van der Waals surface area contributed by atoms with Gasteiger partial charge in [-0.3, -0.25) is 4.79 Å². The third kappa shape index (κ3) is 2.19. The van der Waals surface area contributed by atoms with Crippen molar-refractivity contribution < 1.29 is 14.6 Å². The number of H-pyrrole nitrogens is 1. The van der Waals surface area contributed by atoms with Crippen molar-refractivity contribution in [2.75, 3.05) is 7.11 Å². The van der Waals surface area contributed by atoms with Crippen molar-refractivity contribution in [2.24, 2.45) is 5.73 Å². The highest BCUT2D eigenvalue weighted by Gasteiger charge is 2.16. The van der Waals surface area contributed by atoms with E-state index in [0.717, 1.165) is 0 Å². The Hall–Kier alpha value is -1.56. The number of aromatic nitrogens is 2. The fourth-order valence-corrected chi connectivity index (χ4v) is 0.938. The smallest absolute Gasteiger partial charge is 0.320 e. The molecule has 0 fully saturated rings. The van der Waals surface area contributed by atoms with Gasteiger partial charge >= 0.3 is 5.97 Å². The minimum absolute atomic E-state index is 0.179. The third-order valence-electron chi connectivity index (χ3n) is 1.61. The summed E-state index contributed by atoms with van der Waals surface area (Å²) in [7, 11) is 1.46. The van der Waals surface area contributed by atoms with Gasteiger partial charge in [0, 0.05) is 6.42 Å². The van der Waals surface area contributed by atoms with E-state index in [1.807, 2.05) is 0 Å². The Morgan fingerprint density at radius 3 is 3.15 bits per heavy atom. The van der Waals surface area contributed by atoms with E-state index in [9.17, 15) is 4.79 Å². The highest BCUT2D eigenvalue weighted by atomic mass is 16.5. The normalized spacial score (nSPS) is 12.5. The number of aliphatic carboxylic acids is 1. The molecule has 1 atom stereocenters. The second-order valence-electron chi connectivity index (χ2n) is 2.54. The summed E-state index contributed by atoms with van der Waals surface area (Å²) in [5, 5.41) is 8.54.